The third-order valence-corrected chi connectivity index (χ3v) is 5.20. The van der Waals surface area contributed by atoms with E-state index in [9.17, 15) is 9.18 Å². The number of hydrogen-bond acceptors (Lipinski definition) is 2. The van der Waals surface area contributed by atoms with Crippen LogP contribution in [0.2, 0.25) is 5.02 Å². The van der Waals surface area contributed by atoms with Crippen molar-refractivity contribution in [2.45, 2.75) is 51.3 Å². The number of hydrogen-bond donors (Lipinski definition) is 0. The summed E-state index contributed by atoms with van der Waals surface area (Å²) in [7, 11) is 0. The van der Waals surface area contributed by atoms with Crippen molar-refractivity contribution in [3.8, 4) is 0 Å². The van der Waals surface area contributed by atoms with Gasteiger partial charge in [0, 0.05) is 27.1 Å². The van der Waals surface area contributed by atoms with Crippen LogP contribution in [0.5, 0.6) is 0 Å². The van der Waals surface area contributed by atoms with Crippen LogP contribution >= 0.6 is 23.4 Å². The molecule has 0 spiro atoms. The van der Waals surface area contributed by atoms with Gasteiger partial charge in [-0.3, -0.25) is 4.79 Å². The number of benzene rings is 2. The molecular formula is C21H25ClFNOS. The first-order chi connectivity index (χ1) is 12.1. The van der Waals surface area contributed by atoms with Gasteiger partial charge in [0.1, 0.15) is 5.82 Å². The largest absolute Gasteiger partial charge is 0.307 e. The first-order valence-electron chi connectivity index (χ1n) is 8.60. The molecule has 0 unspecified atom stereocenters. The lowest BCUT2D eigenvalue weighted by Crippen LogP contribution is -2.44. The summed E-state index contributed by atoms with van der Waals surface area (Å²) >= 11 is 7.56. The Bertz CT molecular complexity index is 769. The Hall–Kier alpha value is -1.52. The lowest BCUT2D eigenvalue weighted by Gasteiger charge is -2.33. The van der Waals surface area contributed by atoms with Crippen molar-refractivity contribution < 1.29 is 9.18 Å². The van der Waals surface area contributed by atoms with Gasteiger partial charge in [-0.05, 0) is 55.8 Å². The predicted octanol–water partition coefficient (Wildman–Crippen LogP) is 6.56. The number of anilines is 1. The summed E-state index contributed by atoms with van der Waals surface area (Å²) in [5, 5.41) is 0.701. The zero-order valence-electron chi connectivity index (χ0n) is 15.8. The second-order valence-electron chi connectivity index (χ2n) is 7.55. The maximum absolute atomic E-state index is 14.5. The third kappa shape index (κ3) is 5.24. The number of amides is 1. The van der Waals surface area contributed by atoms with E-state index in [1.807, 2.05) is 58.9 Å². The number of carbonyl (C=O) groups excluding carboxylic acids is 1. The highest BCUT2D eigenvalue weighted by Crippen LogP contribution is 2.31. The molecule has 0 aromatic heterocycles. The van der Waals surface area contributed by atoms with E-state index < -0.39 is 5.41 Å². The predicted molar refractivity (Wildman–Crippen MR) is 109 cm³/mol. The molecule has 2 rings (SSSR count). The van der Waals surface area contributed by atoms with Crippen LogP contribution in [0, 0.1) is 11.2 Å². The molecule has 0 bridgehead atoms. The summed E-state index contributed by atoms with van der Waals surface area (Å²) in [6, 6.07) is 12.5. The fourth-order valence-electron chi connectivity index (χ4n) is 2.51. The zero-order valence-corrected chi connectivity index (χ0v) is 17.4. The minimum atomic E-state index is -0.579. The number of halogens is 2. The lowest BCUT2D eigenvalue weighted by atomic mass is 9.93. The summed E-state index contributed by atoms with van der Waals surface area (Å²) in [6.07, 6.45) is 0. The van der Waals surface area contributed by atoms with Crippen LogP contribution in [-0.4, -0.2) is 11.9 Å². The van der Waals surface area contributed by atoms with Crippen LogP contribution in [0.3, 0.4) is 0 Å². The van der Waals surface area contributed by atoms with Gasteiger partial charge in [-0.15, -0.1) is 11.8 Å². The Kier molecular flexibility index (Phi) is 6.75. The molecular weight excluding hydrogens is 369 g/mol. The topological polar surface area (TPSA) is 20.3 Å². The molecule has 5 heteroatoms. The number of nitrogens with zero attached hydrogens (tertiary/aromatic N) is 1. The summed E-state index contributed by atoms with van der Waals surface area (Å²) < 4.78 is 14.5. The highest BCUT2D eigenvalue weighted by atomic mass is 35.5. The molecule has 0 radical (unpaired) electrons. The van der Waals surface area contributed by atoms with Crippen molar-refractivity contribution in [1.29, 1.82) is 0 Å². The quantitative estimate of drug-likeness (QED) is 0.536. The van der Waals surface area contributed by atoms with Gasteiger partial charge >= 0.3 is 0 Å². The van der Waals surface area contributed by atoms with Crippen molar-refractivity contribution in [2.75, 3.05) is 4.90 Å². The molecule has 1 amide bonds. The molecule has 2 aromatic carbocycles. The molecule has 0 aliphatic heterocycles. The normalized spacial score (nSPS) is 11.7. The first kappa shape index (κ1) is 20.8. The second kappa shape index (κ2) is 8.45. The van der Waals surface area contributed by atoms with E-state index in [1.54, 1.807) is 28.8 Å². The summed E-state index contributed by atoms with van der Waals surface area (Å²) in [5.41, 5.74) is 0.730. The lowest BCUT2D eigenvalue weighted by molar-refractivity contribution is -0.126. The first-order valence-corrected chi connectivity index (χ1v) is 9.96. The number of thioether (sulfide) groups is 1. The summed E-state index contributed by atoms with van der Waals surface area (Å²) in [6.45, 7) is 9.35. The molecule has 0 fully saturated rings. The van der Waals surface area contributed by atoms with Gasteiger partial charge in [0.25, 0.3) is 0 Å². The van der Waals surface area contributed by atoms with Crippen LogP contribution in [-0.2, 0) is 10.5 Å². The highest BCUT2D eigenvalue weighted by Gasteiger charge is 2.31. The molecule has 140 valence electrons. The van der Waals surface area contributed by atoms with E-state index in [0.29, 0.717) is 16.5 Å². The van der Waals surface area contributed by atoms with Crippen molar-refractivity contribution in [2.24, 2.45) is 5.41 Å². The molecule has 0 saturated carbocycles. The number of rotatable bonds is 5. The third-order valence-electron chi connectivity index (χ3n) is 3.87. The average Bonchev–Trinajstić information content (AvgIpc) is 2.55. The van der Waals surface area contributed by atoms with Gasteiger partial charge in [0.05, 0.1) is 5.69 Å². The molecule has 0 aliphatic rings. The Morgan fingerprint density at radius 1 is 1.15 bits per heavy atom. The maximum atomic E-state index is 14.5. The molecule has 0 aliphatic carbocycles. The van der Waals surface area contributed by atoms with E-state index in [-0.39, 0.29) is 17.8 Å². The van der Waals surface area contributed by atoms with Gasteiger partial charge in [0.15, 0.2) is 0 Å². The molecule has 0 saturated heterocycles. The standard InChI is InChI=1S/C21H25ClFNOS/c1-14(2)24(20(25)21(3,4)5)19-12-15(6-11-18(19)23)13-26-17-9-7-16(22)8-10-17/h6-12,14H,13H2,1-5H3. The Balaban J connectivity index is 2.27. The maximum Gasteiger partial charge on any atom is 0.232 e. The second-order valence-corrected chi connectivity index (χ2v) is 9.03. The minimum Gasteiger partial charge on any atom is -0.307 e. The number of carbonyl (C=O) groups is 1. The van der Waals surface area contributed by atoms with Crippen LogP contribution in [0.15, 0.2) is 47.4 Å². The fourth-order valence-corrected chi connectivity index (χ4v) is 3.48. The van der Waals surface area contributed by atoms with Gasteiger partial charge in [-0.1, -0.05) is 38.4 Å². The highest BCUT2D eigenvalue weighted by molar-refractivity contribution is 7.98. The van der Waals surface area contributed by atoms with Gasteiger partial charge in [-0.2, -0.15) is 0 Å². The molecule has 0 heterocycles. The monoisotopic (exact) mass is 393 g/mol. The molecule has 0 atom stereocenters. The average molecular weight is 394 g/mol. The van der Waals surface area contributed by atoms with Crippen LogP contribution in [0.4, 0.5) is 10.1 Å². The van der Waals surface area contributed by atoms with Crippen LogP contribution < -0.4 is 4.90 Å². The van der Waals surface area contributed by atoms with Gasteiger partial charge in [0.2, 0.25) is 5.91 Å². The minimum absolute atomic E-state index is 0.0890. The smallest absolute Gasteiger partial charge is 0.232 e. The van der Waals surface area contributed by atoms with E-state index in [0.717, 1.165) is 10.5 Å². The molecule has 2 aromatic rings. The zero-order chi connectivity index (χ0) is 19.5. The van der Waals surface area contributed by atoms with E-state index >= 15 is 0 Å². The Morgan fingerprint density at radius 3 is 2.31 bits per heavy atom. The molecule has 2 nitrogen and oxygen atoms in total. The van der Waals surface area contributed by atoms with Crippen LogP contribution in [0.25, 0.3) is 0 Å². The summed E-state index contributed by atoms with van der Waals surface area (Å²) in [5.74, 6) is 0.218. The Morgan fingerprint density at radius 2 is 1.77 bits per heavy atom. The van der Waals surface area contributed by atoms with Crippen LogP contribution in [0.1, 0.15) is 40.2 Å². The molecule has 26 heavy (non-hydrogen) atoms. The fraction of sp³-hybridized carbons (Fsp3) is 0.381. The molecule has 0 N–H and O–H groups in total. The van der Waals surface area contributed by atoms with Crippen molar-refractivity contribution in [3.63, 3.8) is 0 Å². The van der Waals surface area contributed by atoms with Gasteiger partial charge in [-0.25, -0.2) is 4.39 Å². The SMILES string of the molecule is CC(C)N(C(=O)C(C)(C)C)c1cc(CSc2ccc(Cl)cc2)ccc1F. The van der Waals surface area contributed by atoms with E-state index in [4.69, 9.17) is 11.6 Å². The van der Waals surface area contributed by atoms with E-state index in [2.05, 4.69) is 0 Å². The van der Waals surface area contributed by atoms with Crippen molar-refractivity contribution in [3.05, 3.63) is 58.9 Å². The van der Waals surface area contributed by atoms with Crippen molar-refractivity contribution in [1.82, 2.24) is 0 Å². The summed E-state index contributed by atoms with van der Waals surface area (Å²) in [4.78, 5) is 15.5. The van der Waals surface area contributed by atoms with Gasteiger partial charge < -0.3 is 4.90 Å². The van der Waals surface area contributed by atoms with Crippen molar-refractivity contribution >= 4 is 35.0 Å². The van der Waals surface area contributed by atoms with E-state index in [1.165, 1.54) is 6.07 Å². The Labute approximate surface area is 164 Å².